The number of Topliss-reactive ketones (excluding diaryl/α,β-unsaturated/α-hetero) is 1. The second-order valence-electron chi connectivity index (χ2n) is 4.37. The number of hydrogen-bond acceptors (Lipinski definition) is 3. The molecule has 0 aromatic heterocycles. The van der Waals surface area contributed by atoms with Crippen molar-refractivity contribution in [1.29, 1.82) is 0 Å². The number of carbonyl (C=O) groups excluding carboxylic acids is 1. The summed E-state index contributed by atoms with van der Waals surface area (Å²) < 4.78 is 5.05. The van der Waals surface area contributed by atoms with Crippen molar-refractivity contribution in [2.24, 2.45) is 23.7 Å². The van der Waals surface area contributed by atoms with Crippen LogP contribution in [0.5, 0.6) is 0 Å². The van der Waals surface area contributed by atoms with Gasteiger partial charge >= 0.3 is 0 Å². The van der Waals surface area contributed by atoms with Gasteiger partial charge in [-0.05, 0) is 11.8 Å². The minimum Gasteiger partial charge on any atom is -0.368 e. The Morgan fingerprint density at radius 1 is 1.36 bits per heavy atom. The minimum absolute atomic E-state index is 0.0567. The number of carbonyl (C=O) groups is 1. The standard InChI is InChI=1S/C11H16O3/c1-6-3-4-7(2)10-9(6)8(12)5-14-11(10)13/h3-4,6-7,9-11,13H,5H2,1-2H3/t6-,7-,9?,10?,11?/m0/s1. The molecule has 0 aromatic rings. The van der Waals surface area contributed by atoms with Crippen molar-refractivity contribution in [3.63, 3.8) is 0 Å². The molecule has 2 aliphatic rings. The number of aliphatic hydroxyl groups excluding tert-OH is 1. The van der Waals surface area contributed by atoms with Crippen LogP contribution >= 0.6 is 0 Å². The molecule has 1 aliphatic heterocycles. The largest absolute Gasteiger partial charge is 0.368 e. The van der Waals surface area contributed by atoms with E-state index < -0.39 is 6.29 Å². The third kappa shape index (κ3) is 1.41. The number of aliphatic hydroxyl groups is 1. The molecule has 5 atom stereocenters. The Kier molecular flexibility index (Phi) is 2.45. The Morgan fingerprint density at radius 2 is 2.00 bits per heavy atom. The average molecular weight is 196 g/mol. The highest BCUT2D eigenvalue weighted by molar-refractivity contribution is 5.84. The zero-order chi connectivity index (χ0) is 10.3. The summed E-state index contributed by atoms with van der Waals surface area (Å²) >= 11 is 0. The quantitative estimate of drug-likeness (QED) is 0.587. The maximum Gasteiger partial charge on any atom is 0.162 e. The van der Waals surface area contributed by atoms with Crippen molar-refractivity contribution in [3.05, 3.63) is 12.2 Å². The fourth-order valence-corrected chi connectivity index (χ4v) is 2.60. The Morgan fingerprint density at radius 3 is 2.64 bits per heavy atom. The summed E-state index contributed by atoms with van der Waals surface area (Å²) in [5.74, 6) is 0.455. The first-order valence-corrected chi connectivity index (χ1v) is 5.12. The van der Waals surface area contributed by atoms with Gasteiger partial charge in [0.25, 0.3) is 0 Å². The number of hydrogen-bond donors (Lipinski definition) is 1. The molecule has 3 unspecified atom stereocenters. The van der Waals surface area contributed by atoms with Crippen LogP contribution in [0.1, 0.15) is 13.8 Å². The molecule has 3 heteroatoms. The molecule has 14 heavy (non-hydrogen) atoms. The second-order valence-corrected chi connectivity index (χ2v) is 4.37. The average Bonchev–Trinajstić information content (AvgIpc) is 2.16. The van der Waals surface area contributed by atoms with Crippen molar-refractivity contribution in [2.45, 2.75) is 20.1 Å². The molecule has 0 spiro atoms. The lowest BCUT2D eigenvalue weighted by molar-refractivity contribution is -0.195. The monoisotopic (exact) mass is 196 g/mol. The van der Waals surface area contributed by atoms with E-state index in [-0.39, 0.29) is 36.1 Å². The highest BCUT2D eigenvalue weighted by atomic mass is 16.6. The van der Waals surface area contributed by atoms with Gasteiger partial charge in [-0.15, -0.1) is 0 Å². The molecule has 1 heterocycles. The highest BCUT2D eigenvalue weighted by Gasteiger charge is 2.44. The van der Waals surface area contributed by atoms with Gasteiger partial charge in [-0.2, -0.15) is 0 Å². The first-order valence-electron chi connectivity index (χ1n) is 5.12. The van der Waals surface area contributed by atoms with Gasteiger partial charge in [0.2, 0.25) is 0 Å². The summed E-state index contributed by atoms with van der Waals surface area (Å²) in [6.45, 7) is 4.11. The first-order chi connectivity index (χ1) is 6.61. The van der Waals surface area contributed by atoms with Gasteiger partial charge in [-0.1, -0.05) is 26.0 Å². The van der Waals surface area contributed by atoms with Crippen molar-refractivity contribution in [3.8, 4) is 0 Å². The molecule has 78 valence electrons. The summed E-state index contributed by atoms with van der Waals surface area (Å²) in [5, 5.41) is 9.70. The van der Waals surface area contributed by atoms with Gasteiger partial charge in [-0.3, -0.25) is 4.79 Å². The van der Waals surface area contributed by atoms with Crippen LogP contribution in [-0.2, 0) is 9.53 Å². The van der Waals surface area contributed by atoms with E-state index in [1.807, 2.05) is 13.8 Å². The summed E-state index contributed by atoms with van der Waals surface area (Å²) in [6, 6.07) is 0. The zero-order valence-corrected chi connectivity index (χ0v) is 8.51. The Hall–Kier alpha value is -0.670. The SMILES string of the molecule is C[C@H]1C=C[C@H](C)C2C(O)OCC(=O)C21. The Labute approximate surface area is 83.8 Å². The molecule has 0 bridgehead atoms. The van der Waals surface area contributed by atoms with Gasteiger partial charge < -0.3 is 9.84 Å². The van der Waals surface area contributed by atoms with E-state index in [4.69, 9.17) is 4.74 Å². The zero-order valence-electron chi connectivity index (χ0n) is 8.51. The van der Waals surface area contributed by atoms with Gasteiger partial charge in [0.1, 0.15) is 6.61 Å². The van der Waals surface area contributed by atoms with E-state index in [1.54, 1.807) is 0 Å². The van der Waals surface area contributed by atoms with E-state index in [9.17, 15) is 9.90 Å². The van der Waals surface area contributed by atoms with Crippen LogP contribution in [-0.4, -0.2) is 23.8 Å². The molecule has 2 rings (SSSR count). The lowest BCUT2D eigenvalue weighted by Gasteiger charge is -2.41. The first kappa shape index (κ1) is 9.87. The highest BCUT2D eigenvalue weighted by Crippen LogP contribution is 2.39. The predicted molar refractivity (Wildman–Crippen MR) is 51.4 cm³/mol. The molecular formula is C11H16O3. The fourth-order valence-electron chi connectivity index (χ4n) is 2.60. The van der Waals surface area contributed by atoms with Gasteiger partial charge in [-0.25, -0.2) is 0 Å². The van der Waals surface area contributed by atoms with Gasteiger partial charge in [0.15, 0.2) is 12.1 Å². The van der Waals surface area contributed by atoms with Crippen LogP contribution in [0.25, 0.3) is 0 Å². The van der Waals surface area contributed by atoms with Crippen LogP contribution in [0.2, 0.25) is 0 Å². The number of allylic oxidation sites excluding steroid dienone is 2. The van der Waals surface area contributed by atoms with Crippen molar-refractivity contribution in [2.75, 3.05) is 6.61 Å². The molecule has 0 radical (unpaired) electrons. The Balaban J connectivity index is 2.31. The van der Waals surface area contributed by atoms with Gasteiger partial charge in [0.05, 0.1) is 0 Å². The van der Waals surface area contributed by atoms with E-state index in [1.165, 1.54) is 0 Å². The van der Waals surface area contributed by atoms with Crippen LogP contribution in [0.4, 0.5) is 0 Å². The van der Waals surface area contributed by atoms with E-state index in [2.05, 4.69) is 12.2 Å². The number of ether oxygens (including phenoxy) is 1. The number of ketones is 1. The third-order valence-electron chi connectivity index (χ3n) is 3.40. The smallest absolute Gasteiger partial charge is 0.162 e. The lowest BCUT2D eigenvalue weighted by Crippen LogP contribution is -2.49. The summed E-state index contributed by atoms with van der Waals surface area (Å²) in [7, 11) is 0. The van der Waals surface area contributed by atoms with Crippen molar-refractivity contribution in [1.82, 2.24) is 0 Å². The second kappa shape index (κ2) is 3.48. The molecule has 3 nitrogen and oxygen atoms in total. The summed E-state index contributed by atoms with van der Waals surface area (Å²) in [5.41, 5.74) is 0. The topological polar surface area (TPSA) is 46.5 Å². The maximum atomic E-state index is 11.7. The number of fused-ring (bicyclic) bond motifs is 1. The molecule has 1 saturated heterocycles. The predicted octanol–water partition coefficient (Wildman–Crippen LogP) is 0.978. The number of rotatable bonds is 0. The van der Waals surface area contributed by atoms with Gasteiger partial charge in [0, 0.05) is 11.8 Å². The maximum absolute atomic E-state index is 11.7. The fraction of sp³-hybridized carbons (Fsp3) is 0.727. The molecule has 0 amide bonds. The molecule has 1 fully saturated rings. The summed E-state index contributed by atoms with van der Waals surface area (Å²) in [6.07, 6.45) is 3.36. The lowest BCUT2D eigenvalue weighted by atomic mass is 9.68. The van der Waals surface area contributed by atoms with E-state index >= 15 is 0 Å². The molecular weight excluding hydrogens is 180 g/mol. The van der Waals surface area contributed by atoms with E-state index in [0.717, 1.165) is 0 Å². The summed E-state index contributed by atoms with van der Waals surface area (Å²) in [4.78, 5) is 11.7. The normalized spacial score (nSPS) is 47.6. The van der Waals surface area contributed by atoms with Crippen LogP contribution in [0.15, 0.2) is 12.2 Å². The van der Waals surface area contributed by atoms with Crippen LogP contribution in [0, 0.1) is 23.7 Å². The molecule has 0 aromatic carbocycles. The molecule has 1 N–H and O–H groups in total. The van der Waals surface area contributed by atoms with E-state index in [0.29, 0.717) is 0 Å². The van der Waals surface area contributed by atoms with Crippen LogP contribution < -0.4 is 0 Å². The van der Waals surface area contributed by atoms with Crippen molar-refractivity contribution < 1.29 is 14.6 Å². The third-order valence-corrected chi connectivity index (χ3v) is 3.40. The van der Waals surface area contributed by atoms with Crippen molar-refractivity contribution >= 4 is 5.78 Å². The Bertz CT molecular complexity index is 272. The molecule has 1 aliphatic carbocycles. The molecule has 0 saturated carbocycles. The van der Waals surface area contributed by atoms with Crippen LogP contribution in [0.3, 0.4) is 0 Å². The minimum atomic E-state index is -0.778.